The molecule has 0 aromatic heterocycles. The lowest BCUT2D eigenvalue weighted by molar-refractivity contribution is 0.144. The number of halogens is 1. The van der Waals surface area contributed by atoms with Crippen LogP contribution in [0.1, 0.15) is 30.9 Å². The van der Waals surface area contributed by atoms with Gasteiger partial charge in [0.1, 0.15) is 0 Å². The minimum atomic E-state index is 0.639. The van der Waals surface area contributed by atoms with Crippen molar-refractivity contribution in [3.63, 3.8) is 0 Å². The first-order chi connectivity index (χ1) is 8.79. The molecule has 0 amide bonds. The summed E-state index contributed by atoms with van der Waals surface area (Å²) in [5.74, 6) is 0. The molecule has 1 atom stereocenters. The predicted octanol–water partition coefficient (Wildman–Crippen LogP) is 3.32. The fourth-order valence-electron chi connectivity index (χ4n) is 2.52. The molecule has 1 aliphatic rings. The van der Waals surface area contributed by atoms with Crippen molar-refractivity contribution in [2.75, 3.05) is 19.8 Å². The molecule has 1 aromatic carbocycles. The van der Waals surface area contributed by atoms with Gasteiger partial charge in [-0.3, -0.25) is 0 Å². The highest BCUT2D eigenvalue weighted by atomic mass is 79.9. The first-order valence-corrected chi connectivity index (χ1v) is 7.67. The predicted molar refractivity (Wildman–Crippen MR) is 79.1 cm³/mol. The fraction of sp³-hybridized carbons (Fsp3) is 0.600. The standard InChI is InChI=1S/C15H22BrNO/c1-2-18-9-3-8-17-15-7-5-12-10-14(16)6-4-13(12)11-15/h4,6,10,15,17H,2-3,5,7-9,11H2,1H3. The minimum absolute atomic E-state index is 0.639. The van der Waals surface area contributed by atoms with Crippen LogP contribution in [0.15, 0.2) is 22.7 Å². The Morgan fingerprint density at radius 2 is 2.28 bits per heavy atom. The van der Waals surface area contributed by atoms with E-state index in [0.717, 1.165) is 32.6 Å². The molecule has 0 saturated heterocycles. The van der Waals surface area contributed by atoms with E-state index in [-0.39, 0.29) is 0 Å². The number of nitrogens with one attached hydrogen (secondary N) is 1. The Bertz CT molecular complexity index is 381. The topological polar surface area (TPSA) is 21.3 Å². The molecule has 1 aliphatic carbocycles. The fourth-order valence-corrected chi connectivity index (χ4v) is 2.93. The molecule has 2 nitrogen and oxygen atoms in total. The second kappa shape index (κ2) is 7.27. The molecule has 1 aromatic rings. The third-order valence-corrected chi connectivity index (χ3v) is 3.99. The Hall–Kier alpha value is -0.380. The monoisotopic (exact) mass is 311 g/mol. The van der Waals surface area contributed by atoms with Crippen molar-refractivity contribution in [3.05, 3.63) is 33.8 Å². The lowest BCUT2D eigenvalue weighted by Crippen LogP contribution is -2.35. The summed E-state index contributed by atoms with van der Waals surface area (Å²) in [5, 5.41) is 3.64. The molecule has 0 spiro atoms. The van der Waals surface area contributed by atoms with E-state index in [4.69, 9.17) is 4.74 Å². The maximum absolute atomic E-state index is 5.35. The third-order valence-electron chi connectivity index (χ3n) is 3.50. The highest BCUT2D eigenvalue weighted by molar-refractivity contribution is 9.10. The summed E-state index contributed by atoms with van der Waals surface area (Å²) in [5.41, 5.74) is 3.02. The maximum atomic E-state index is 5.35. The molecule has 100 valence electrons. The zero-order valence-electron chi connectivity index (χ0n) is 11.0. The summed E-state index contributed by atoms with van der Waals surface area (Å²) in [6.07, 6.45) is 4.71. The van der Waals surface area contributed by atoms with Gasteiger partial charge in [0.2, 0.25) is 0 Å². The largest absolute Gasteiger partial charge is 0.382 e. The third kappa shape index (κ3) is 4.08. The van der Waals surface area contributed by atoms with Gasteiger partial charge in [-0.25, -0.2) is 0 Å². The smallest absolute Gasteiger partial charge is 0.0477 e. The average Bonchev–Trinajstić information content (AvgIpc) is 2.38. The van der Waals surface area contributed by atoms with Gasteiger partial charge in [0.25, 0.3) is 0 Å². The summed E-state index contributed by atoms with van der Waals surface area (Å²) >= 11 is 3.54. The van der Waals surface area contributed by atoms with Gasteiger partial charge in [0.05, 0.1) is 0 Å². The molecule has 0 heterocycles. The van der Waals surface area contributed by atoms with Crippen LogP contribution in [0.25, 0.3) is 0 Å². The first-order valence-electron chi connectivity index (χ1n) is 6.88. The zero-order chi connectivity index (χ0) is 12.8. The van der Waals surface area contributed by atoms with Crippen LogP contribution in [0, 0.1) is 0 Å². The minimum Gasteiger partial charge on any atom is -0.382 e. The van der Waals surface area contributed by atoms with Gasteiger partial charge >= 0.3 is 0 Å². The van der Waals surface area contributed by atoms with Gasteiger partial charge in [-0.05, 0) is 62.4 Å². The second-order valence-electron chi connectivity index (χ2n) is 4.86. The van der Waals surface area contributed by atoms with E-state index in [1.807, 2.05) is 6.92 Å². The lowest BCUT2D eigenvalue weighted by Gasteiger charge is -2.25. The number of benzene rings is 1. The van der Waals surface area contributed by atoms with Crippen molar-refractivity contribution in [1.82, 2.24) is 5.32 Å². The average molecular weight is 312 g/mol. The van der Waals surface area contributed by atoms with Gasteiger partial charge < -0.3 is 10.1 Å². The number of aryl methyl sites for hydroxylation is 1. The summed E-state index contributed by atoms with van der Waals surface area (Å²) in [4.78, 5) is 0. The Balaban J connectivity index is 1.76. The molecule has 3 heteroatoms. The van der Waals surface area contributed by atoms with E-state index >= 15 is 0 Å². The van der Waals surface area contributed by atoms with Crippen molar-refractivity contribution in [1.29, 1.82) is 0 Å². The van der Waals surface area contributed by atoms with E-state index in [2.05, 4.69) is 39.4 Å². The van der Waals surface area contributed by atoms with Crippen LogP contribution >= 0.6 is 15.9 Å². The Morgan fingerprint density at radius 3 is 3.11 bits per heavy atom. The highest BCUT2D eigenvalue weighted by Gasteiger charge is 2.17. The van der Waals surface area contributed by atoms with Gasteiger partial charge in [0, 0.05) is 23.7 Å². The Labute approximate surface area is 118 Å². The van der Waals surface area contributed by atoms with E-state index < -0.39 is 0 Å². The van der Waals surface area contributed by atoms with E-state index in [9.17, 15) is 0 Å². The molecule has 18 heavy (non-hydrogen) atoms. The number of hydrogen-bond acceptors (Lipinski definition) is 2. The molecular formula is C15H22BrNO. The molecular weight excluding hydrogens is 290 g/mol. The number of hydrogen-bond donors (Lipinski definition) is 1. The SMILES string of the molecule is CCOCCCNC1CCc2cc(Br)ccc2C1. The number of rotatable bonds is 6. The van der Waals surface area contributed by atoms with Crippen molar-refractivity contribution >= 4 is 15.9 Å². The quantitative estimate of drug-likeness (QED) is 0.814. The Morgan fingerprint density at radius 1 is 1.39 bits per heavy atom. The normalized spacial score (nSPS) is 18.7. The maximum Gasteiger partial charge on any atom is 0.0477 e. The van der Waals surface area contributed by atoms with Gasteiger partial charge in [-0.1, -0.05) is 22.0 Å². The van der Waals surface area contributed by atoms with Crippen LogP contribution in [-0.4, -0.2) is 25.8 Å². The van der Waals surface area contributed by atoms with Crippen LogP contribution in [0.2, 0.25) is 0 Å². The van der Waals surface area contributed by atoms with E-state index in [1.54, 1.807) is 0 Å². The second-order valence-corrected chi connectivity index (χ2v) is 5.77. The lowest BCUT2D eigenvalue weighted by atomic mass is 9.88. The van der Waals surface area contributed by atoms with Crippen LogP contribution in [0.3, 0.4) is 0 Å². The number of ether oxygens (including phenoxy) is 1. The molecule has 0 bridgehead atoms. The van der Waals surface area contributed by atoms with Crippen molar-refractivity contribution in [2.24, 2.45) is 0 Å². The molecule has 0 saturated carbocycles. The van der Waals surface area contributed by atoms with Crippen LogP contribution in [-0.2, 0) is 17.6 Å². The molecule has 1 N–H and O–H groups in total. The van der Waals surface area contributed by atoms with Gasteiger partial charge in [0.15, 0.2) is 0 Å². The van der Waals surface area contributed by atoms with Crippen LogP contribution in [0.5, 0.6) is 0 Å². The Kier molecular flexibility index (Phi) is 5.67. The van der Waals surface area contributed by atoms with Gasteiger partial charge in [-0.15, -0.1) is 0 Å². The summed E-state index contributed by atoms with van der Waals surface area (Å²) < 4.78 is 6.55. The molecule has 0 aliphatic heterocycles. The van der Waals surface area contributed by atoms with Crippen LogP contribution in [0.4, 0.5) is 0 Å². The molecule has 0 radical (unpaired) electrons. The van der Waals surface area contributed by atoms with Crippen molar-refractivity contribution in [2.45, 2.75) is 38.6 Å². The molecule has 2 rings (SSSR count). The summed E-state index contributed by atoms with van der Waals surface area (Å²) in [7, 11) is 0. The van der Waals surface area contributed by atoms with Crippen molar-refractivity contribution < 1.29 is 4.74 Å². The molecule has 1 unspecified atom stereocenters. The zero-order valence-corrected chi connectivity index (χ0v) is 12.6. The van der Waals surface area contributed by atoms with E-state index in [1.165, 1.54) is 28.4 Å². The van der Waals surface area contributed by atoms with Crippen molar-refractivity contribution in [3.8, 4) is 0 Å². The molecule has 0 fully saturated rings. The van der Waals surface area contributed by atoms with Gasteiger partial charge in [-0.2, -0.15) is 0 Å². The van der Waals surface area contributed by atoms with Crippen LogP contribution < -0.4 is 5.32 Å². The summed E-state index contributed by atoms with van der Waals surface area (Å²) in [6, 6.07) is 7.31. The first kappa shape index (κ1) is 14.0. The van der Waals surface area contributed by atoms with E-state index in [0.29, 0.717) is 6.04 Å². The number of fused-ring (bicyclic) bond motifs is 1. The summed E-state index contributed by atoms with van der Waals surface area (Å²) in [6.45, 7) is 4.81. The highest BCUT2D eigenvalue weighted by Crippen LogP contribution is 2.24.